The lowest BCUT2D eigenvalue weighted by Gasteiger charge is -2.25. The Bertz CT molecular complexity index is 410. The number of nitrogens with one attached hydrogen (secondary N) is 1. The van der Waals surface area contributed by atoms with Crippen molar-refractivity contribution in [2.24, 2.45) is 0 Å². The van der Waals surface area contributed by atoms with E-state index in [1.54, 1.807) is 0 Å². The molecule has 20 heavy (non-hydrogen) atoms. The molecule has 0 saturated carbocycles. The number of carbonyl (C=O) groups excluding carboxylic acids is 1. The highest BCUT2D eigenvalue weighted by molar-refractivity contribution is 5.77. The second-order valence-corrected chi connectivity index (χ2v) is 4.99. The van der Waals surface area contributed by atoms with Crippen LogP contribution in [0.3, 0.4) is 0 Å². The van der Waals surface area contributed by atoms with Crippen LogP contribution in [-0.4, -0.2) is 29.8 Å². The van der Waals surface area contributed by atoms with E-state index >= 15 is 0 Å². The molecule has 0 aliphatic heterocycles. The highest BCUT2D eigenvalue weighted by Gasteiger charge is 2.22. The molecule has 112 valence electrons. The zero-order valence-corrected chi connectivity index (χ0v) is 12.6. The number of aliphatic hydroxyl groups is 1. The summed E-state index contributed by atoms with van der Waals surface area (Å²) in [5.74, 6) is 0.462. The third kappa shape index (κ3) is 5.21. The molecular weight excluding hydrogens is 254 g/mol. The summed E-state index contributed by atoms with van der Waals surface area (Å²) in [6, 6.07) is 7.70. The Kier molecular flexibility index (Phi) is 6.52. The summed E-state index contributed by atoms with van der Waals surface area (Å²) in [6.07, 6.45) is 2.21. The molecular formula is C16H25NO3. The van der Waals surface area contributed by atoms with Gasteiger partial charge in [0, 0.05) is 6.54 Å². The molecule has 0 heterocycles. The summed E-state index contributed by atoms with van der Waals surface area (Å²) in [7, 11) is 0. The molecule has 1 rings (SSSR count). The molecule has 0 bridgehead atoms. The third-order valence-corrected chi connectivity index (χ3v) is 3.63. The second-order valence-electron chi connectivity index (χ2n) is 4.99. The summed E-state index contributed by atoms with van der Waals surface area (Å²) in [5, 5.41) is 12.8. The number of rotatable bonds is 8. The topological polar surface area (TPSA) is 58.6 Å². The first-order valence-electron chi connectivity index (χ1n) is 7.23. The predicted octanol–water partition coefficient (Wildman–Crippen LogP) is 2.30. The Morgan fingerprint density at radius 2 is 1.80 bits per heavy atom. The molecule has 4 nitrogen and oxygen atoms in total. The van der Waals surface area contributed by atoms with E-state index in [0.29, 0.717) is 18.6 Å². The average Bonchev–Trinajstić information content (AvgIpc) is 2.51. The van der Waals surface area contributed by atoms with E-state index in [4.69, 9.17) is 4.74 Å². The first-order valence-corrected chi connectivity index (χ1v) is 7.23. The van der Waals surface area contributed by atoms with Crippen LogP contribution in [0.25, 0.3) is 0 Å². The maximum atomic E-state index is 11.7. The smallest absolute Gasteiger partial charge is 0.258 e. The van der Waals surface area contributed by atoms with Gasteiger partial charge in [0.05, 0.1) is 5.60 Å². The largest absolute Gasteiger partial charge is 0.484 e. The summed E-state index contributed by atoms with van der Waals surface area (Å²) >= 11 is 0. The van der Waals surface area contributed by atoms with Gasteiger partial charge < -0.3 is 15.2 Å². The Morgan fingerprint density at radius 1 is 1.20 bits per heavy atom. The van der Waals surface area contributed by atoms with Gasteiger partial charge in [-0.2, -0.15) is 0 Å². The number of hydrogen-bond acceptors (Lipinski definition) is 3. The van der Waals surface area contributed by atoms with Crippen molar-refractivity contribution >= 4 is 5.91 Å². The molecule has 0 aromatic heterocycles. The molecule has 0 radical (unpaired) electrons. The maximum absolute atomic E-state index is 11.7. The number of amides is 1. The van der Waals surface area contributed by atoms with Crippen LogP contribution in [0.5, 0.6) is 5.75 Å². The van der Waals surface area contributed by atoms with Crippen molar-refractivity contribution in [2.45, 2.75) is 45.6 Å². The molecule has 4 heteroatoms. The highest BCUT2D eigenvalue weighted by atomic mass is 16.5. The van der Waals surface area contributed by atoms with E-state index in [2.05, 4.69) is 12.2 Å². The molecule has 2 N–H and O–H groups in total. The summed E-state index contributed by atoms with van der Waals surface area (Å²) in [4.78, 5) is 11.7. The summed E-state index contributed by atoms with van der Waals surface area (Å²) in [6.45, 7) is 6.13. The number of hydrogen-bond donors (Lipinski definition) is 2. The molecule has 0 aliphatic rings. The van der Waals surface area contributed by atoms with Gasteiger partial charge in [0.25, 0.3) is 5.91 Å². The zero-order chi connectivity index (χ0) is 15.0. The lowest BCUT2D eigenvalue weighted by atomic mass is 9.98. The molecule has 1 aromatic rings. The highest BCUT2D eigenvalue weighted by Crippen LogP contribution is 2.13. The number of benzene rings is 1. The Morgan fingerprint density at radius 3 is 2.30 bits per heavy atom. The summed E-state index contributed by atoms with van der Waals surface area (Å²) in [5.41, 5.74) is 0.413. The van der Waals surface area contributed by atoms with Crippen molar-refractivity contribution in [3.05, 3.63) is 29.8 Å². The third-order valence-electron chi connectivity index (χ3n) is 3.63. The van der Waals surface area contributed by atoms with Crippen LogP contribution in [0.1, 0.15) is 39.2 Å². The number of ether oxygens (including phenoxy) is 1. The molecule has 1 amide bonds. The van der Waals surface area contributed by atoms with Crippen LogP contribution in [0.4, 0.5) is 0 Å². The van der Waals surface area contributed by atoms with E-state index in [9.17, 15) is 9.90 Å². The number of aryl methyl sites for hydroxylation is 1. The van der Waals surface area contributed by atoms with Gasteiger partial charge >= 0.3 is 0 Å². The monoisotopic (exact) mass is 279 g/mol. The SMILES string of the molecule is CCc1ccc(OCC(=O)NCC(O)(CC)CC)cc1. The van der Waals surface area contributed by atoms with Gasteiger partial charge in [-0.05, 0) is 37.0 Å². The quantitative estimate of drug-likeness (QED) is 0.767. The molecule has 0 aliphatic carbocycles. The van der Waals surface area contributed by atoms with Crippen LogP contribution in [-0.2, 0) is 11.2 Å². The minimum absolute atomic E-state index is 0.0328. The van der Waals surface area contributed by atoms with Gasteiger partial charge in [0.2, 0.25) is 0 Å². The fraction of sp³-hybridized carbons (Fsp3) is 0.562. The molecule has 1 aromatic carbocycles. The molecule has 0 spiro atoms. The first kappa shape index (κ1) is 16.5. The van der Waals surface area contributed by atoms with E-state index in [0.717, 1.165) is 6.42 Å². The number of carbonyl (C=O) groups is 1. The van der Waals surface area contributed by atoms with Gasteiger partial charge in [0.1, 0.15) is 5.75 Å². The predicted molar refractivity (Wildman–Crippen MR) is 79.9 cm³/mol. The molecule has 0 saturated heterocycles. The summed E-state index contributed by atoms with van der Waals surface area (Å²) < 4.78 is 5.41. The van der Waals surface area contributed by atoms with Crippen LogP contribution in [0.15, 0.2) is 24.3 Å². The maximum Gasteiger partial charge on any atom is 0.258 e. The van der Waals surface area contributed by atoms with Crippen LogP contribution < -0.4 is 10.1 Å². The van der Waals surface area contributed by atoms with Crippen molar-refractivity contribution in [1.82, 2.24) is 5.32 Å². The van der Waals surface area contributed by atoms with Gasteiger partial charge in [-0.1, -0.05) is 32.9 Å². The van der Waals surface area contributed by atoms with E-state index < -0.39 is 5.60 Å². The van der Waals surface area contributed by atoms with Gasteiger partial charge in [-0.15, -0.1) is 0 Å². The van der Waals surface area contributed by atoms with E-state index in [1.807, 2.05) is 38.1 Å². The van der Waals surface area contributed by atoms with Crippen molar-refractivity contribution in [2.75, 3.05) is 13.2 Å². The zero-order valence-electron chi connectivity index (χ0n) is 12.6. The Hall–Kier alpha value is -1.55. The van der Waals surface area contributed by atoms with E-state index in [-0.39, 0.29) is 19.1 Å². The van der Waals surface area contributed by atoms with E-state index in [1.165, 1.54) is 5.56 Å². The second kappa shape index (κ2) is 7.90. The van der Waals surface area contributed by atoms with Crippen LogP contribution in [0.2, 0.25) is 0 Å². The Labute approximate surface area is 121 Å². The fourth-order valence-electron chi connectivity index (χ4n) is 1.78. The van der Waals surface area contributed by atoms with Gasteiger partial charge in [-0.25, -0.2) is 0 Å². The Balaban J connectivity index is 2.35. The molecule has 0 fully saturated rings. The average molecular weight is 279 g/mol. The van der Waals surface area contributed by atoms with Crippen molar-refractivity contribution in [1.29, 1.82) is 0 Å². The minimum Gasteiger partial charge on any atom is -0.484 e. The van der Waals surface area contributed by atoms with Gasteiger partial charge in [0.15, 0.2) is 6.61 Å². The van der Waals surface area contributed by atoms with Crippen LogP contribution >= 0.6 is 0 Å². The molecule has 0 unspecified atom stereocenters. The van der Waals surface area contributed by atoms with Gasteiger partial charge in [-0.3, -0.25) is 4.79 Å². The standard InChI is InChI=1S/C16H25NO3/c1-4-13-7-9-14(10-8-13)20-11-15(18)17-12-16(19,5-2)6-3/h7-10,19H,4-6,11-12H2,1-3H3,(H,17,18). The van der Waals surface area contributed by atoms with Crippen molar-refractivity contribution in [3.63, 3.8) is 0 Å². The lowest BCUT2D eigenvalue weighted by Crippen LogP contribution is -2.43. The fourth-order valence-corrected chi connectivity index (χ4v) is 1.78. The molecule has 0 atom stereocenters. The van der Waals surface area contributed by atoms with Crippen LogP contribution in [0, 0.1) is 0 Å². The normalized spacial score (nSPS) is 11.2. The lowest BCUT2D eigenvalue weighted by molar-refractivity contribution is -0.124. The van der Waals surface area contributed by atoms with Crippen molar-refractivity contribution < 1.29 is 14.6 Å². The first-order chi connectivity index (χ1) is 9.53. The minimum atomic E-state index is -0.821. The van der Waals surface area contributed by atoms with Crippen molar-refractivity contribution in [3.8, 4) is 5.75 Å².